The summed E-state index contributed by atoms with van der Waals surface area (Å²) in [4.78, 5) is 10.6. The molecular weight excluding hydrogens is 315 g/mol. The molecule has 0 aliphatic carbocycles. The predicted octanol–water partition coefficient (Wildman–Crippen LogP) is 1.88. The molecule has 0 unspecified atom stereocenters. The first kappa shape index (κ1) is 15.7. The van der Waals surface area contributed by atoms with Gasteiger partial charge in [-0.3, -0.25) is 0 Å². The molecule has 0 radical (unpaired) electrons. The number of carboxylic acid groups (broad SMARTS) is 1. The molecule has 0 aliphatic heterocycles. The van der Waals surface area contributed by atoms with Gasteiger partial charge in [0.2, 0.25) is 10.0 Å². The summed E-state index contributed by atoms with van der Waals surface area (Å²) < 4.78 is 25.9. The number of rotatable bonds is 5. The summed E-state index contributed by atoms with van der Waals surface area (Å²) in [7, 11) is -3.99. The number of nitrogens with zero attached hydrogens (tertiary/aromatic N) is 1. The molecule has 0 atom stereocenters. The molecule has 1 rings (SSSR count). The van der Waals surface area contributed by atoms with Gasteiger partial charge in [0.15, 0.2) is 0 Å². The Bertz CT molecular complexity index is 652. The molecule has 2 N–H and O–H groups in total. The van der Waals surface area contributed by atoms with Gasteiger partial charge in [-0.05, 0) is 12.1 Å². The van der Waals surface area contributed by atoms with Crippen LogP contribution in [-0.2, 0) is 10.0 Å². The van der Waals surface area contributed by atoms with Gasteiger partial charge < -0.3 is 5.11 Å². The summed E-state index contributed by atoms with van der Waals surface area (Å²) >= 11 is 11.4. The summed E-state index contributed by atoms with van der Waals surface area (Å²) in [5.74, 6) is -1.43. The summed E-state index contributed by atoms with van der Waals surface area (Å²) in [5, 5.41) is 16.6. The van der Waals surface area contributed by atoms with E-state index in [1.807, 2.05) is 0 Å². The average molecular weight is 323 g/mol. The number of sulfonamides is 1. The Morgan fingerprint density at radius 3 is 2.58 bits per heavy atom. The van der Waals surface area contributed by atoms with Crippen molar-refractivity contribution < 1.29 is 18.3 Å². The van der Waals surface area contributed by atoms with Crippen molar-refractivity contribution in [3.8, 4) is 6.07 Å². The van der Waals surface area contributed by atoms with Crippen molar-refractivity contribution in [2.75, 3.05) is 6.54 Å². The molecule has 0 bridgehead atoms. The summed E-state index contributed by atoms with van der Waals surface area (Å²) in [6.07, 6.45) is -0.0176. The molecule has 0 aliphatic rings. The average Bonchev–Trinajstić information content (AvgIpc) is 2.28. The predicted molar refractivity (Wildman–Crippen MR) is 68.8 cm³/mol. The lowest BCUT2D eigenvalue weighted by molar-refractivity contribution is 0.0697. The smallest absolute Gasteiger partial charge is 0.338 e. The minimum Gasteiger partial charge on any atom is -0.478 e. The van der Waals surface area contributed by atoms with Crippen LogP contribution in [0.5, 0.6) is 0 Å². The number of carboxylic acids is 1. The minimum atomic E-state index is -3.99. The monoisotopic (exact) mass is 322 g/mol. The number of benzene rings is 1. The van der Waals surface area contributed by atoms with E-state index in [0.717, 1.165) is 12.1 Å². The van der Waals surface area contributed by atoms with Crippen LogP contribution in [0.15, 0.2) is 17.0 Å². The van der Waals surface area contributed by atoms with Crippen LogP contribution in [0.3, 0.4) is 0 Å². The molecule has 0 fully saturated rings. The van der Waals surface area contributed by atoms with Gasteiger partial charge in [-0.1, -0.05) is 23.2 Å². The number of halogens is 2. The van der Waals surface area contributed by atoms with Crippen LogP contribution in [0.4, 0.5) is 0 Å². The van der Waals surface area contributed by atoms with Gasteiger partial charge >= 0.3 is 5.97 Å². The Kier molecular flexibility index (Phi) is 5.14. The Hall–Kier alpha value is -1.33. The van der Waals surface area contributed by atoms with Crippen molar-refractivity contribution in [3.05, 3.63) is 27.7 Å². The molecule has 1 aromatic rings. The van der Waals surface area contributed by atoms with E-state index < -0.39 is 31.5 Å². The summed E-state index contributed by atoms with van der Waals surface area (Å²) in [6, 6.07) is 4.01. The van der Waals surface area contributed by atoms with Crippen molar-refractivity contribution in [1.29, 1.82) is 5.26 Å². The van der Waals surface area contributed by atoms with E-state index in [1.54, 1.807) is 6.07 Å². The Morgan fingerprint density at radius 2 is 2.05 bits per heavy atom. The molecule has 9 heteroatoms. The van der Waals surface area contributed by atoms with Gasteiger partial charge in [0.25, 0.3) is 0 Å². The van der Waals surface area contributed by atoms with Crippen LogP contribution in [0, 0.1) is 11.3 Å². The van der Waals surface area contributed by atoms with E-state index in [1.165, 1.54) is 0 Å². The van der Waals surface area contributed by atoms with E-state index in [2.05, 4.69) is 4.72 Å². The first-order valence-electron chi connectivity index (χ1n) is 4.89. The van der Waals surface area contributed by atoms with Gasteiger partial charge in [0, 0.05) is 13.0 Å². The van der Waals surface area contributed by atoms with Gasteiger partial charge in [0.05, 0.1) is 21.7 Å². The van der Waals surface area contributed by atoms with E-state index in [4.69, 9.17) is 33.6 Å². The number of aromatic carboxylic acids is 1. The van der Waals surface area contributed by atoms with Crippen LogP contribution in [-0.4, -0.2) is 26.0 Å². The number of hydrogen-bond acceptors (Lipinski definition) is 4. The standard InChI is InChI=1S/C10H8Cl2N2O4S/c11-6-2-3-7(9(12)8(6)10(15)16)19(17,18)14-5-1-4-13/h2-3,14H,1,5H2,(H,15,16). The maximum Gasteiger partial charge on any atom is 0.338 e. The second-order valence-corrected chi connectivity index (χ2v) is 5.87. The topological polar surface area (TPSA) is 107 Å². The van der Waals surface area contributed by atoms with E-state index in [0.29, 0.717) is 0 Å². The highest BCUT2D eigenvalue weighted by molar-refractivity contribution is 7.89. The van der Waals surface area contributed by atoms with Crippen LogP contribution < -0.4 is 4.72 Å². The van der Waals surface area contributed by atoms with E-state index in [9.17, 15) is 13.2 Å². The van der Waals surface area contributed by atoms with Crippen LogP contribution in [0.2, 0.25) is 10.0 Å². The van der Waals surface area contributed by atoms with Crippen molar-refractivity contribution in [1.82, 2.24) is 4.72 Å². The third-order valence-corrected chi connectivity index (χ3v) is 4.41. The lowest BCUT2D eigenvalue weighted by atomic mass is 10.2. The summed E-state index contributed by atoms with van der Waals surface area (Å²) in [5.41, 5.74) is -0.480. The molecule has 0 aromatic heterocycles. The zero-order valence-corrected chi connectivity index (χ0v) is 11.7. The van der Waals surface area contributed by atoms with Gasteiger partial charge in [0.1, 0.15) is 4.90 Å². The van der Waals surface area contributed by atoms with Crippen molar-refractivity contribution >= 4 is 39.2 Å². The highest BCUT2D eigenvalue weighted by Crippen LogP contribution is 2.30. The second kappa shape index (κ2) is 6.21. The highest BCUT2D eigenvalue weighted by atomic mass is 35.5. The zero-order chi connectivity index (χ0) is 14.6. The van der Waals surface area contributed by atoms with Gasteiger partial charge in [-0.2, -0.15) is 5.26 Å². The maximum atomic E-state index is 11.9. The SMILES string of the molecule is N#CCCNS(=O)(=O)c1ccc(Cl)c(C(=O)O)c1Cl. The minimum absolute atomic E-state index is 0.0176. The van der Waals surface area contributed by atoms with Crippen molar-refractivity contribution in [2.45, 2.75) is 11.3 Å². The molecular formula is C10H8Cl2N2O4S. The quantitative estimate of drug-likeness (QED) is 0.805. The Balaban J connectivity index is 3.26. The first-order chi connectivity index (χ1) is 8.81. The van der Waals surface area contributed by atoms with E-state index in [-0.39, 0.29) is 18.0 Å². The van der Waals surface area contributed by atoms with E-state index >= 15 is 0 Å². The number of carbonyl (C=O) groups is 1. The summed E-state index contributed by atoms with van der Waals surface area (Å²) in [6.45, 7) is -0.0970. The maximum absolute atomic E-state index is 11.9. The lowest BCUT2D eigenvalue weighted by Crippen LogP contribution is -2.25. The number of nitriles is 1. The van der Waals surface area contributed by atoms with Crippen LogP contribution in [0.25, 0.3) is 0 Å². The molecule has 0 amide bonds. The highest BCUT2D eigenvalue weighted by Gasteiger charge is 2.24. The third-order valence-electron chi connectivity index (χ3n) is 2.09. The molecule has 6 nitrogen and oxygen atoms in total. The Labute approximate surface area is 119 Å². The molecule has 1 aromatic carbocycles. The van der Waals surface area contributed by atoms with Crippen molar-refractivity contribution in [3.63, 3.8) is 0 Å². The fourth-order valence-electron chi connectivity index (χ4n) is 1.26. The van der Waals surface area contributed by atoms with Crippen LogP contribution >= 0.6 is 23.2 Å². The zero-order valence-electron chi connectivity index (χ0n) is 9.35. The largest absolute Gasteiger partial charge is 0.478 e. The number of hydrogen-bond donors (Lipinski definition) is 2. The first-order valence-corrected chi connectivity index (χ1v) is 7.13. The number of nitrogens with one attached hydrogen (secondary N) is 1. The fourth-order valence-corrected chi connectivity index (χ4v) is 3.20. The molecule has 0 spiro atoms. The fraction of sp³-hybridized carbons (Fsp3) is 0.200. The molecule has 0 saturated heterocycles. The van der Waals surface area contributed by atoms with Gasteiger partial charge in [-0.15, -0.1) is 0 Å². The second-order valence-electron chi connectivity index (χ2n) is 3.35. The van der Waals surface area contributed by atoms with Crippen molar-refractivity contribution in [2.24, 2.45) is 0 Å². The normalized spacial score (nSPS) is 11.0. The molecule has 0 heterocycles. The van der Waals surface area contributed by atoms with Gasteiger partial charge in [-0.25, -0.2) is 17.9 Å². The Morgan fingerprint density at radius 1 is 1.42 bits per heavy atom. The molecule has 102 valence electrons. The lowest BCUT2D eigenvalue weighted by Gasteiger charge is -2.10. The van der Waals surface area contributed by atoms with Crippen LogP contribution in [0.1, 0.15) is 16.8 Å². The molecule has 19 heavy (non-hydrogen) atoms. The molecule has 0 saturated carbocycles. The third kappa shape index (κ3) is 3.58.